The standard InChI is InChI=1S/C10H13N3OS/c15-10(13-5-7-14-8-6-13)12-9-3-1-2-4-11-9/h1-4H,5-8H2,(H,11,12,15). The molecule has 0 amide bonds. The van der Waals surface area contributed by atoms with Crippen LogP contribution >= 0.6 is 12.2 Å². The Hall–Kier alpha value is -1.20. The highest BCUT2D eigenvalue weighted by Gasteiger charge is 2.13. The van der Waals surface area contributed by atoms with E-state index in [-0.39, 0.29) is 0 Å². The van der Waals surface area contributed by atoms with Crippen molar-refractivity contribution in [3.63, 3.8) is 0 Å². The molecular formula is C10H13N3OS. The van der Waals surface area contributed by atoms with Gasteiger partial charge in [0.15, 0.2) is 5.11 Å². The number of rotatable bonds is 1. The summed E-state index contributed by atoms with van der Waals surface area (Å²) in [6.07, 6.45) is 1.74. The lowest BCUT2D eigenvalue weighted by Crippen LogP contribution is -2.43. The van der Waals surface area contributed by atoms with Gasteiger partial charge in [0.2, 0.25) is 0 Å². The van der Waals surface area contributed by atoms with E-state index in [0.717, 1.165) is 37.2 Å². The molecule has 0 atom stereocenters. The molecule has 80 valence electrons. The van der Waals surface area contributed by atoms with E-state index in [9.17, 15) is 0 Å². The molecule has 1 aliphatic rings. The van der Waals surface area contributed by atoms with Gasteiger partial charge in [0.05, 0.1) is 13.2 Å². The summed E-state index contributed by atoms with van der Waals surface area (Å²) in [7, 11) is 0. The molecule has 0 bridgehead atoms. The first kappa shape index (κ1) is 10.3. The minimum atomic E-state index is 0.719. The average molecular weight is 223 g/mol. The van der Waals surface area contributed by atoms with Crippen LogP contribution in [0.4, 0.5) is 5.82 Å². The van der Waals surface area contributed by atoms with Crippen LogP contribution in [0.3, 0.4) is 0 Å². The second kappa shape index (κ2) is 5.04. The summed E-state index contributed by atoms with van der Waals surface area (Å²) in [6, 6.07) is 5.70. The Kier molecular flexibility index (Phi) is 3.47. The summed E-state index contributed by atoms with van der Waals surface area (Å²) < 4.78 is 5.26. The minimum Gasteiger partial charge on any atom is -0.378 e. The summed E-state index contributed by atoms with van der Waals surface area (Å²) in [4.78, 5) is 6.25. The van der Waals surface area contributed by atoms with E-state index in [2.05, 4.69) is 15.2 Å². The van der Waals surface area contributed by atoms with Crippen LogP contribution in [-0.4, -0.2) is 41.3 Å². The Balaban J connectivity index is 1.91. The van der Waals surface area contributed by atoms with Gasteiger partial charge in [0, 0.05) is 19.3 Å². The Morgan fingerprint density at radius 2 is 2.20 bits per heavy atom. The van der Waals surface area contributed by atoms with Crippen molar-refractivity contribution >= 4 is 23.1 Å². The van der Waals surface area contributed by atoms with Crippen molar-refractivity contribution in [3.05, 3.63) is 24.4 Å². The molecule has 0 radical (unpaired) electrons. The second-order valence-electron chi connectivity index (χ2n) is 3.24. The van der Waals surface area contributed by atoms with E-state index < -0.39 is 0 Å². The third-order valence-electron chi connectivity index (χ3n) is 2.20. The summed E-state index contributed by atoms with van der Waals surface area (Å²) >= 11 is 5.28. The number of ether oxygens (including phenoxy) is 1. The average Bonchev–Trinajstić information content (AvgIpc) is 2.31. The van der Waals surface area contributed by atoms with Crippen LogP contribution < -0.4 is 5.32 Å². The van der Waals surface area contributed by atoms with Gasteiger partial charge in [0.1, 0.15) is 5.82 Å². The molecule has 5 heteroatoms. The van der Waals surface area contributed by atoms with Crippen molar-refractivity contribution in [1.82, 2.24) is 9.88 Å². The molecule has 15 heavy (non-hydrogen) atoms. The Bertz CT molecular complexity index is 325. The number of morpholine rings is 1. The number of hydrogen-bond donors (Lipinski definition) is 1. The van der Waals surface area contributed by atoms with Gasteiger partial charge in [-0.25, -0.2) is 4.98 Å². The van der Waals surface area contributed by atoms with Crippen molar-refractivity contribution in [1.29, 1.82) is 0 Å². The van der Waals surface area contributed by atoms with Crippen molar-refractivity contribution < 1.29 is 4.74 Å². The van der Waals surface area contributed by atoms with Crippen molar-refractivity contribution in [2.45, 2.75) is 0 Å². The molecule has 1 saturated heterocycles. The van der Waals surface area contributed by atoms with Gasteiger partial charge in [-0.1, -0.05) is 6.07 Å². The molecule has 0 saturated carbocycles. The first-order valence-electron chi connectivity index (χ1n) is 4.91. The minimum absolute atomic E-state index is 0.719. The highest BCUT2D eigenvalue weighted by Crippen LogP contribution is 2.04. The van der Waals surface area contributed by atoms with E-state index in [1.807, 2.05) is 18.2 Å². The number of aromatic nitrogens is 1. The van der Waals surface area contributed by atoms with Crippen LogP contribution in [-0.2, 0) is 4.74 Å². The van der Waals surface area contributed by atoms with E-state index in [0.29, 0.717) is 0 Å². The predicted octanol–water partition coefficient (Wildman–Crippen LogP) is 1.11. The van der Waals surface area contributed by atoms with Crippen molar-refractivity contribution in [2.24, 2.45) is 0 Å². The van der Waals surface area contributed by atoms with E-state index >= 15 is 0 Å². The lowest BCUT2D eigenvalue weighted by molar-refractivity contribution is 0.0690. The van der Waals surface area contributed by atoms with Crippen LogP contribution in [0.15, 0.2) is 24.4 Å². The number of pyridine rings is 1. The Morgan fingerprint density at radius 1 is 1.40 bits per heavy atom. The van der Waals surface area contributed by atoms with Crippen molar-refractivity contribution in [2.75, 3.05) is 31.6 Å². The van der Waals surface area contributed by atoms with Gasteiger partial charge in [-0.3, -0.25) is 0 Å². The summed E-state index contributed by atoms with van der Waals surface area (Å²) in [6.45, 7) is 3.17. The van der Waals surface area contributed by atoms with E-state index in [1.54, 1.807) is 6.20 Å². The summed E-state index contributed by atoms with van der Waals surface area (Å²) in [5.41, 5.74) is 0. The third-order valence-corrected chi connectivity index (χ3v) is 2.56. The van der Waals surface area contributed by atoms with Crippen LogP contribution in [0.1, 0.15) is 0 Å². The lowest BCUT2D eigenvalue weighted by atomic mass is 10.4. The molecular weight excluding hydrogens is 210 g/mol. The highest BCUT2D eigenvalue weighted by molar-refractivity contribution is 7.80. The SMILES string of the molecule is S=C(Nc1ccccn1)N1CCOCC1. The normalized spacial score (nSPS) is 16.1. The quantitative estimate of drug-likeness (QED) is 0.722. The molecule has 0 aliphatic carbocycles. The molecule has 0 aromatic carbocycles. The van der Waals surface area contributed by atoms with Gasteiger partial charge in [-0.2, -0.15) is 0 Å². The highest BCUT2D eigenvalue weighted by atomic mass is 32.1. The fourth-order valence-corrected chi connectivity index (χ4v) is 1.68. The predicted molar refractivity (Wildman–Crippen MR) is 62.8 cm³/mol. The van der Waals surface area contributed by atoms with Crippen LogP contribution in [0.2, 0.25) is 0 Å². The van der Waals surface area contributed by atoms with Gasteiger partial charge in [-0.05, 0) is 24.4 Å². The Morgan fingerprint density at radius 3 is 2.87 bits per heavy atom. The number of anilines is 1. The van der Waals surface area contributed by atoms with Gasteiger partial charge >= 0.3 is 0 Å². The Labute approximate surface area is 94.3 Å². The topological polar surface area (TPSA) is 37.4 Å². The molecule has 1 fully saturated rings. The third kappa shape index (κ3) is 2.87. The van der Waals surface area contributed by atoms with Gasteiger partial charge in [-0.15, -0.1) is 0 Å². The maximum Gasteiger partial charge on any atom is 0.174 e. The maximum absolute atomic E-state index is 5.28. The molecule has 0 unspecified atom stereocenters. The van der Waals surface area contributed by atoms with Gasteiger partial charge in [0.25, 0.3) is 0 Å². The maximum atomic E-state index is 5.28. The number of thiocarbonyl (C=S) groups is 1. The lowest BCUT2D eigenvalue weighted by Gasteiger charge is -2.29. The van der Waals surface area contributed by atoms with Gasteiger partial charge < -0.3 is 15.0 Å². The molecule has 1 aromatic heterocycles. The first-order chi connectivity index (χ1) is 7.36. The molecule has 1 aromatic rings. The van der Waals surface area contributed by atoms with Crippen LogP contribution in [0.5, 0.6) is 0 Å². The molecule has 0 spiro atoms. The number of nitrogens with one attached hydrogen (secondary N) is 1. The van der Waals surface area contributed by atoms with Crippen molar-refractivity contribution in [3.8, 4) is 0 Å². The fraction of sp³-hybridized carbons (Fsp3) is 0.400. The monoisotopic (exact) mass is 223 g/mol. The fourth-order valence-electron chi connectivity index (χ4n) is 1.39. The summed E-state index contributed by atoms with van der Waals surface area (Å²) in [5, 5.41) is 3.82. The van der Waals surface area contributed by atoms with Crippen LogP contribution in [0, 0.1) is 0 Å². The van der Waals surface area contributed by atoms with Crippen LogP contribution in [0.25, 0.3) is 0 Å². The zero-order valence-electron chi connectivity index (χ0n) is 8.35. The van der Waals surface area contributed by atoms with E-state index in [4.69, 9.17) is 17.0 Å². The first-order valence-corrected chi connectivity index (χ1v) is 5.32. The molecule has 2 rings (SSSR count). The zero-order valence-corrected chi connectivity index (χ0v) is 9.17. The van der Waals surface area contributed by atoms with E-state index in [1.165, 1.54) is 0 Å². The number of nitrogens with zero attached hydrogens (tertiary/aromatic N) is 2. The largest absolute Gasteiger partial charge is 0.378 e. The zero-order chi connectivity index (χ0) is 10.5. The molecule has 1 N–H and O–H groups in total. The summed E-state index contributed by atoms with van der Waals surface area (Å²) in [5.74, 6) is 0.786. The molecule has 2 heterocycles. The molecule has 4 nitrogen and oxygen atoms in total. The number of hydrogen-bond acceptors (Lipinski definition) is 3. The smallest absolute Gasteiger partial charge is 0.174 e. The molecule has 1 aliphatic heterocycles. The second-order valence-corrected chi connectivity index (χ2v) is 3.63.